The Bertz CT molecular complexity index is 544. The van der Waals surface area contributed by atoms with Gasteiger partial charge in [-0.15, -0.1) is 11.3 Å². The molecule has 1 aromatic heterocycles. The Balaban J connectivity index is 1.62. The number of nitrogens with zero attached hydrogens (tertiary/aromatic N) is 1. The third-order valence-electron chi connectivity index (χ3n) is 3.82. The van der Waals surface area contributed by atoms with E-state index in [1.54, 1.807) is 18.4 Å². The lowest BCUT2D eigenvalue weighted by molar-refractivity contribution is 0.415. The topological polar surface area (TPSA) is 34.1 Å². The number of rotatable bonds is 5. The Kier molecular flexibility index (Phi) is 4.33. The number of benzene rings is 1. The lowest BCUT2D eigenvalue weighted by Gasteiger charge is -2.09. The summed E-state index contributed by atoms with van der Waals surface area (Å²) < 4.78 is 5.18. The van der Waals surface area contributed by atoms with E-state index in [1.807, 2.05) is 12.1 Å². The number of thiazole rings is 1. The molecule has 0 unspecified atom stereocenters. The monoisotopic (exact) mass is 288 g/mol. The van der Waals surface area contributed by atoms with Gasteiger partial charge in [0.2, 0.25) is 0 Å². The summed E-state index contributed by atoms with van der Waals surface area (Å²) in [6.45, 7) is 0.886. The number of aromatic nitrogens is 1. The van der Waals surface area contributed by atoms with E-state index in [-0.39, 0.29) is 0 Å². The standard InChI is InChI=1S/C16H20N2OS/c1-19-15-8-6-12(7-9-15)16-18-14(11-20-16)10-17-13-4-2-3-5-13/h6-9,11,13,17H,2-5,10H2,1H3. The molecule has 1 aliphatic rings. The number of hydrogen-bond donors (Lipinski definition) is 1. The number of ether oxygens (including phenoxy) is 1. The van der Waals surface area contributed by atoms with Crippen LogP contribution in [0.15, 0.2) is 29.6 Å². The van der Waals surface area contributed by atoms with Crippen molar-refractivity contribution in [2.45, 2.75) is 38.3 Å². The van der Waals surface area contributed by atoms with Crippen molar-refractivity contribution in [2.24, 2.45) is 0 Å². The van der Waals surface area contributed by atoms with Crippen LogP contribution in [-0.4, -0.2) is 18.1 Å². The predicted molar refractivity (Wildman–Crippen MR) is 83.2 cm³/mol. The molecule has 0 saturated heterocycles. The van der Waals surface area contributed by atoms with Crippen LogP contribution in [0.3, 0.4) is 0 Å². The van der Waals surface area contributed by atoms with Crippen LogP contribution < -0.4 is 10.1 Å². The molecule has 0 aliphatic heterocycles. The third-order valence-corrected chi connectivity index (χ3v) is 4.76. The fourth-order valence-electron chi connectivity index (χ4n) is 2.63. The molecule has 1 aromatic carbocycles. The molecule has 1 N–H and O–H groups in total. The smallest absolute Gasteiger partial charge is 0.123 e. The third kappa shape index (κ3) is 3.19. The van der Waals surface area contributed by atoms with Crippen LogP contribution in [0, 0.1) is 0 Å². The second-order valence-electron chi connectivity index (χ2n) is 5.23. The molecule has 4 heteroatoms. The molecule has 1 aliphatic carbocycles. The lowest BCUT2D eigenvalue weighted by Crippen LogP contribution is -2.25. The summed E-state index contributed by atoms with van der Waals surface area (Å²) in [6.07, 6.45) is 5.36. The van der Waals surface area contributed by atoms with E-state index in [4.69, 9.17) is 9.72 Å². The molecule has 0 bridgehead atoms. The summed E-state index contributed by atoms with van der Waals surface area (Å²) in [4.78, 5) is 4.71. The van der Waals surface area contributed by atoms with Crippen molar-refractivity contribution in [3.8, 4) is 16.3 Å². The summed E-state index contributed by atoms with van der Waals surface area (Å²) in [5.74, 6) is 0.883. The Morgan fingerprint density at radius 2 is 2.00 bits per heavy atom. The number of hydrogen-bond acceptors (Lipinski definition) is 4. The molecular weight excluding hydrogens is 268 g/mol. The highest BCUT2D eigenvalue weighted by atomic mass is 32.1. The van der Waals surface area contributed by atoms with Crippen LogP contribution in [0.1, 0.15) is 31.4 Å². The second-order valence-corrected chi connectivity index (χ2v) is 6.09. The van der Waals surface area contributed by atoms with E-state index in [9.17, 15) is 0 Å². The van der Waals surface area contributed by atoms with Crippen molar-refractivity contribution in [2.75, 3.05) is 7.11 Å². The van der Waals surface area contributed by atoms with E-state index >= 15 is 0 Å². The molecule has 1 heterocycles. The maximum atomic E-state index is 5.18. The molecule has 0 atom stereocenters. The number of methoxy groups -OCH3 is 1. The quantitative estimate of drug-likeness (QED) is 0.907. The van der Waals surface area contributed by atoms with Gasteiger partial charge < -0.3 is 10.1 Å². The van der Waals surface area contributed by atoms with Crippen molar-refractivity contribution in [3.63, 3.8) is 0 Å². The highest BCUT2D eigenvalue weighted by Gasteiger charge is 2.14. The Morgan fingerprint density at radius 1 is 1.25 bits per heavy atom. The van der Waals surface area contributed by atoms with Gasteiger partial charge in [0.1, 0.15) is 10.8 Å². The molecule has 106 valence electrons. The van der Waals surface area contributed by atoms with Gasteiger partial charge in [-0.1, -0.05) is 12.8 Å². The van der Waals surface area contributed by atoms with Crippen molar-refractivity contribution >= 4 is 11.3 Å². The van der Waals surface area contributed by atoms with Crippen LogP contribution in [0.5, 0.6) is 5.75 Å². The van der Waals surface area contributed by atoms with Gasteiger partial charge in [-0.05, 0) is 37.1 Å². The first-order valence-electron chi connectivity index (χ1n) is 7.17. The Hall–Kier alpha value is -1.39. The summed E-state index contributed by atoms with van der Waals surface area (Å²) in [5, 5.41) is 6.84. The lowest BCUT2D eigenvalue weighted by atomic mass is 10.2. The zero-order valence-corrected chi connectivity index (χ0v) is 12.6. The van der Waals surface area contributed by atoms with E-state index in [0.29, 0.717) is 6.04 Å². The average Bonchev–Trinajstić information content (AvgIpc) is 3.17. The van der Waals surface area contributed by atoms with Gasteiger partial charge in [0.25, 0.3) is 0 Å². The zero-order chi connectivity index (χ0) is 13.8. The average molecular weight is 288 g/mol. The molecule has 20 heavy (non-hydrogen) atoms. The number of nitrogens with one attached hydrogen (secondary N) is 1. The van der Waals surface area contributed by atoms with Crippen LogP contribution in [-0.2, 0) is 6.54 Å². The molecule has 0 amide bonds. The van der Waals surface area contributed by atoms with Gasteiger partial charge in [0.05, 0.1) is 12.8 Å². The first kappa shape index (κ1) is 13.6. The molecule has 1 saturated carbocycles. The van der Waals surface area contributed by atoms with Gasteiger partial charge in [-0.3, -0.25) is 0 Å². The second kappa shape index (κ2) is 6.37. The molecular formula is C16H20N2OS. The molecule has 1 fully saturated rings. The normalized spacial score (nSPS) is 15.7. The SMILES string of the molecule is COc1ccc(-c2nc(CNC3CCCC3)cs2)cc1. The molecule has 0 radical (unpaired) electrons. The predicted octanol–water partition coefficient (Wildman–Crippen LogP) is 3.85. The van der Waals surface area contributed by atoms with Gasteiger partial charge in [-0.2, -0.15) is 0 Å². The highest BCUT2D eigenvalue weighted by molar-refractivity contribution is 7.13. The summed E-state index contributed by atoms with van der Waals surface area (Å²) in [7, 11) is 1.69. The minimum atomic E-state index is 0.695. The van der Waals surface area contributed by atoms with Gasteiger partial charge in [0.15, 0.2) is 0 Å². The van der Waals surface area contributed by atoms with Crippen LogP contribution in [0.4, 0.5) is 0 Å². The maximum absolute atomic E-state index is 5.18. The fraction of sp³-hybridized carbons (Fsp3) is 0.438. The largest absolute Gasteiger partial charge is 0.497 e. The maximum Gasteiger partial charge on any atom is 0.123 e. The molecule has 3 nitrogen and oxygen atoms in total. The van der Waals surface area contributed by atoms with Crippen molar-refractivity contribution in [1.29, 1.82) is 0 Å². The van der Waals surface area contributed by atoms with Crippen LogP contribution >= 0.6 is 11.3 Å². The Morgan fingerprint density at radius 3 is 2.70 bits per heavy atom. The van der Waals surface area contributed by atoms with Crippen molar-refractivity contribution in [1.82, 2.24) is 10.3 Å². The van der Waals surface area contributed by atoms with Crippen molar-refractivity contribution < 1.29 is 4.74 Å². The first-order valence-corrected chi connectivity index (χ1v) is 8.05. The molecule has 2 aromatic rings. The van der Waals surface area contributed by atoms with E-state index < -0.39 is 0 Å². The van der Waals surface area contributed by atoms with E-state index in [1.165, 1.54) is 25.7 Å². The van der Waals surface area contributed by atoms with Gasteiger partial charge >= 0.3 is 0 Å². The minimum Gasteiger partial charge on any atom is -0.497 e. The van der Waals surface area contributed by atoms with Crippen molar-refractivity contribution in [3.05, 3.63) is 35.3 Å². The van der Waals surface area contributed by atoms with Gasteiger partial charge in [0, 0.05) is 23.5 Å². The summed E-state index contributed by atoms with van der Waals surface area (Å²) in [5.41, 5.74) is 2.30. The van der Waals surface area contributed by atoms with Crippen LogP contribution in [0.25, 0.3) is 10.6 Å². The first-order chi connectivity index (χ1) is 9.85. The molecule has 3 rings (SSSR count). The molecule has 0 spiro atoms. The zero-order valence-electron chi connectivity index (χ0n) is 11.8. The van der Waals surface area contributed by atoms with E-state index in [2.05, 4.69) is 22.8 Å². The Labute approximate surface area is 124 Å². The summed E-state index contributed by atoms with van der Waals surface area (Å²) >= 11 is 1.71. The summed E-state index contributed by atoms with van der Waals surface area (Å²) in [6, 6.07) is 8.78. The minimum absolute atomic E-state index is 0.695. The highest BCUT2D eigenvalue weighted by Crippen LogP contribution is 2.26. The fourth-order valence-corrected chi connectivity index (χ4v) is 3.46. The van der Waals surface area contributed by atoms with Gasteiger partial charge in [-0.25, -0.2) is 4.98 Å². The van der Waals surface area contributed by atoms with E-state index in [0.717, 1.165) is 28.6 Å². The van der Waals surface area contributed by atoms with Crippen LogP contribution in [0.2, 0.25) is 0 Å².